The first kappa shape index (κ1) is 13.0. The molecule has 0 aliphatic rings. The fourth-order valence-electron chi connectivity index (χ4n) is 1.14. The van der Waals surface area contributed by atoms with Crippen molar-refractivity contribution in [2.75, 3.05) is 18.5 Å². The number of rotatable bonds is 5. The molecule has 0 spiro atoms. The number of nitrogens with one attached hydrogen (secondary N) is 1. The highest BCUT2D eigenvalue weighted by Crippen LogP contribution is 2.24. The standard InChI is InChI=1S/C10H11FN2O4/c1-2-17-6-10(14)12-8-4-3-7(11)5-9(8)13(15)16/h3-5H,2,6H2,1H3,(H,12,14). The van der Waals surface area contributed by atoms with Crippen LogP contribution in [0, 0.1) is 15.9 Å². The van der Waals surface area contributed by atoms with E-state index in [1.165, 1.54) is 0 Å². The SMILES string of the molecule is CCOCC(=O)Nc1ccc(F)cc1[N+](=O)[O-]. The largest absolute Gasteiger partial charge is 0.372 e. The molecule has 0 atom stereocenters. The van der Waals surface area contributed by atoms with E-state index in [2.05, 4.69) is 5.32 Å². The molecule has 1 aromatic rings. The average molecular weight is 242 g/mol. The number of nitro benzene ring substituents is 1. The highest BCUT2D eigenvalue weighted by Gasteiger charge is 2.16. The summed E-state index contributed by atoms with van der Waals surface area (Å²) >= 11 is 0. The molecule has 1 aromatic carbocycles. The fourth-order valence-corrected chi connectivity index (χ4v) is 1.14. The second kappa shape index (κ2) is 5.90. The lowest BCUT2D eigenvalue weighted by molar-refractivity contribution is -0.384. The Balaban J connectivity index is 2.83. The van der Waals surface area contributed by atoms with E-state index in [1.54, 1.807) is 6.92 Å². The van der Waals surface area contributed by atoms with Gasteiger partial charge in [0.1, 0.15) is 18.1 Å². The van der Waals surface area contributed by atoms with Gasteiger partial charge in [0.25, 0.3) is 11.6 Å². The monoisotopic (exact) mass is 242 g/mol. The maximum atomic E-state index is 12.8. The zero-order valence-corrected chi connectivity index (χ0v) is 9.10. The maximum Gasteiger partial charge on any atom is 0.295 e. The van der Waals surface area contributed by atoms with Gasteiger partial charge in [0.15, 0.2) is 0 Å². The van der Waals surface area contributed by atoms with Gasteiger partial charge in [-0.05, 0) is 19.1 Å². The molecule has 0 unspecified atom stereocenters. The number of carbonyl (C=O) groups excluding carboxylic acids is 1. The van der Waals surface area contributed by atoms with Crippen molar-refractivity contribution in [2.45, 2.75) is 6.92 Å². The first-order valence-electron chi connectivity index (χ1n) is 4.86. The molecule has 0 saturated heterocycles. The van der Waals surface area contributed by atoms with Gasteiger partial charge in [-0.2, -0.15) is 0 Å². The summed E-state index contributed by atoms with van der Waals surface area (Å²) in [5, 5.41) is 12.9. The van der Waals surface area contributed by atoms with Crippen LogP contribution in [0.25, 0.3) is 0 Å². The van der Waals surface area contributed by atoms with Gasteiger partial charge in [-0.25, -0.2) is 4.39 Å². The van der Waals surface area contributed by atoms with Gasteiger partial charge in [0, 0.05) is 6.61 Å². The van der Waals surface area contributed by atoms with E-state index in [-0.39, 0.29) is 12.3 Å². The molecule has 0 heterocycles. The molecule has 0 aromatic heterocycles. The van der Waals surface area contributed by atoms with Crippen LogP contribution in [-0.2, 0) is 9.53 Å². The van der Waals surface area contributed by atoms with Gasteiger partial charge in [-0.1, -0.05) is 0 Å². The van der Waals surface area contributed by atoms with Crippen LogP contribution in [-0.4, -0.2) is 24.0 Å². The first-order valence-corrected chi connectivity index (χ1v) is 4.86. The minimum Gasteiger partial charge on any atom is -0.372 e. The predicted molar refractivity (Wildman–Crippen MR) is 58.2 cm³/mol. The first-order chi connectivity index (χ1) is 8.04. The summed E-state index contributed by atoms with van der Waals surface area (Å²) in [6.07, 6.45) is 0. The summed E-state index contributed by atoms with van der Waals surface area (Å²) in [5.41, 5.74) is -0.545. The van der Waals surface area contributed by atoms with E-state index >= 15 is 0 Å². The van der Waals surface area contributed by atoms with Crippen LogP contribution in [0.5, 0.6) is 0 Å². The number of amides is 1. The number of hydrogen-bond acceptors (Lipinski definition) is 4. The number of carbonyl (C=O) groups is 1. The van der Waals surface area contributed by atoms with Crippen molar-refractivity contribution < 1.29 is 18.8 Å². The molecule has 1 amide bonds. The van der Waals surface area contributed by atoms with Crippen molar-refractivity contribution in [3.8, 4) is 0 Å². The summed E-state index contributed by atoms with van der Waals surface area (Å²) in [5.74, 6) is -1.26. The van der Waals surface area contributed by atoms with E-state index in [0.717, 1.165) is 18.2 Å². The molecule has 92 valence electrons. The van der Waals surface area contributed by atoms with Crippen molar-refractivity contribution in [2.24, 2.45) is 0 Å². The Morgan fingerprint density at radius 1 is 1.59 bits per heavy atom. The van der Waals surface area contributed by atoms with Crippen molar-refractivity contribution in [3.63, 3.8) is 0 Å². The highest BCUT2D eigenvalue weighted by atomic mass is 19.1. The van der Waals surface area contributed by atoms with E-state index < -0.39 is 22.3 Å². The Morgan fingerprint density at radius 3 is 2.88 bits per heavy atom. The minimum atomic E-state index is -0.765. The quantitative estimate of drug-likeness (QED) is 0.629. The van der Waals surface area contributed by atoms with E-state index in [9.17, 15) is 19.3 Å². The third-order valence-electron chi connectivity index (χ3n) is 1.87. The van der Waals surface area contributed by atoms with Crippen LogP contribution in [0.1, 0.15) is 6.92 Å². The van der Waals surface area contributed by atoms with Gasteiger partial charge in [-0.3, -0.25) is 14.9 Å². The van der Waals surface area contributed by atoms with Crippen LogP contribution in [0.4, 0.5) is 15.8 Å². The Hall–Kier alpha value is -2.02. The molecule has 0 bridgehead atoms. The van der Waals surface area contributed by atoms with E-state index in [0.29, 0.717) is 6.61 Å². The molecule has 0 saturated carbocycles. The summed E-state index contributed by atoms with van der Waals surface area (Å²) in [7, 11) is 0. The summed E-state index contributed by atoms with van der Waals surface area (Å²) in [4.78, 5) is 21.1. The third kappa shape index (κ3) is 3.80. The van der Waals surface area contributed by atoms with Gasteiger partial charge in [0.2, 0.25) is 0 Å². The molecular formula is C10H11FN2O4. The van der Waals surface area contributed by atoms with Crippen molar-refractivity contribution in [1.29, 1.82) is 0 Å². The second-order valence-electron chi connectivity index (χ2n) is 3.10. The molecule has 0 fully saturated rings. The van der Waals surface area contributed by atoms with Gasteiger partial charge < -0.3 is 10.1 Å². The molecule has 1 rings (SSSR count). The van der Waals surface area contributed by atoms with E-state index in [4.69, 9.17) is 4.74 Å². The van der Waals surface area contributed by atoms with Gasteiger partial charge >= 0.3 is 0 Å². The number of nitrogens with zero attached hydrogens (tertiary/aromatic N) is 1. The maximum absolute atomic E-state index is 12.8. The number of hydrogen-bond donors (Lipinski definition) is 1. The molecule has 1 N–H and O–H groups in total. The smallest absolute Gasteiger partial charge is 0.295 e. The number of halogens is 1. The van der Waals surface area contributed by atoms with E-state index in [1.807, 2.05) is 0 Å². The second-order valence-corrected chi connectivity index (χ2v) is 3.10. The Labute approximate surface area is 96.5 Å². The zero-order valence-electron chi connectivity index (χ0n) is 9.10. The van der Waals surface area contributed by atoms with Gasteiger partial charge in [0.05, 0.1) is 11.0 Å². The minimum absolute atomic E-state index is 0.0545. The molecule has 0 aliphatic carbocycles. The van der Waals surface area contributed by atoms with Crippen molar-refractivity contribution >= 4 is 17.3 Å². The van der Waals surface area contributed by atoms with Crippen molar-refractivity contribution in [3.05, 3.63) is 34.1 Å². The lowest BCUT2D eigenvalue weighted by Crippen LogP contribution is -2.18. The lowest BCUT2D eigenvalue weighted by Gasteiger charge is -2.05. The summed E-state index contributed by atoms with van der Waals surface area (Å²) in [6.45, 7) is 1.87. The topological polar surface area (TPSA) is 81.5 Å². The molecule has 17 heavy (non-hydrogen) atoms. The van der Waals surface area contributed by atoms with Gasteiger partial charge in [-0.15, -0.1) is 0 Å². The number of nitro groups is 1. The van der Waals surface area contributed by atoms with Crippen LogP contribution >= 0.6 is 0 Å². The molecule has 6 nitrogen and oxygen atoms in total. The fraction of sp³-hybridized carbons (Fsp3) is 0.300. The Bertz CT molecular complexity index is 436. The zero-order chi connectivity index (χ0) is 12.8. The number of benzene rings is 1. The third-order valence-corrected chi connectivity index (χ3v) is 1.87. The lowest BCUT2D eigenvalue weighted by atomic mass is 10.2. The Kier molecular flexibility index (Phi) is 4.53. The normalized spacial score (nSPS) is 10.0. The summed E-state index contributed by atoms with van der Waals surface area (Å²) < 4.78 is 17.6. The molecular weight excluding hydrogens is 231 g/mol. The molecule has 0 aliphatic heterocycles. The molecule has 0 radical (unpaired) electrons. The number of ether oxygens (including phenoxy) is 1. The van der Waals surface area contributed by atoms with Crippen LogP contribution < -0.4 is 5.32 Å². The molecule has 7 heteroatoms. The Morgan fingerprint density at radius 2 is 2.29 bits per heavy atom. The van der Waals surface area contributed by atoms with Crippen LogP contribution in [0.15, 0.2) is 18.2 Å². The predicted octanol–water partition coefficient (Wildman–Crippen LogP) is 1.71. The highest BCUT2D eigenvalue weighted by molar-refractivity contribution is 5.93. The number of anilines is 1. The van der Waals surface area contributed by atoms with Crippen molar-refractivity contribution in [1.82, 2.24) is 0 Å². The van der Waals surface area contributed by atoms with Crippen LogP contribution in [0.2, 0.25) is 0 Å². The summed E-state index contributed by atoms with van der Waals surface area (Å²) in [6, 6.07) is 2.91. The van der Waals surface area contributed by atoms with Crippen LogP contribution in [0.3, 0.4) is 0 Å². The average Bonchev–Trinajstić information content (AvgIpc) is 2.28.